The fourth-order valence-corrected chi connectivity index (χ4v) is 3.45. The lowest BCUT2D eigenvalue weighted by atomic mass is 10.0. The summed E-state index contributed by atoms with van der Waals surface area (Å²) in [4.78, 5) is 23.5. The molecule has 0 spiro atoms. The van der Waals surface area contributed by atoms with E-state index in [1.54, 1.807) is 6.20 Å². The summed E-state index contributed by atoms with van der Waals surface area (Å²) in [7, 11) is 0. The topological polar surface area (TPSA) is 70.2 Å². The van der Waals surface area contributed by atoms with Crippen molar-refractivity contribution in [2.45, 2.75) is 25.8 Å². The summed E-state index contributed by atoms with van der Waals surface area (Å²) >= 11 is 0. The second kappa shape index (κ2) is 8.90. The van der Waals surface area contributed by atoms with Crippen LogP contribution >= 0.6 is 0 Å². The maximum absolute atomic E-state index is 13.0. The largest absolute Gasteiger partial charge is 0.349 e. The van der Waals surface area contributed by atoms with E-state index >= 15 is 0 Å². The van der Waals surface area contributed by atoms with Gasteiger partial charge in [0.2, 0.25) is 5.95 Å². The van der Waals surface area contributed by atoms with Gasteiger partial charge in [-0.15, -0.1) is 0 Å². The molecule has 1 amide bonds. The maximum Gasteiger partial charge on any atom is 0.251 e. The van der Waals surface area contributed by atoms with Crippen molar-refractivity contribution in [2.75, 3.05) is 23.3 Å². The summed E-state index contributed by atoms with van der Waals surface area (Å²) in [5.41, 5.74) is 2.66. The molecule has 2 heterocycles. The first-order chi connectivity index (χ1) is 14.6. The number of hydrogen-bond acceptors (Lipinski definition) is 5. The molecule has 2 aromatic carbocycles. The van der Waals surface area contributed by atoms with Crippen molar-refractivity contribution in [1.29, 1.82) is 0 Å². The predicted octanol–water partition coefficient (Wildman–Crippen LogP) is 4.07. The number of anilines is 3. The third-order valence-corrected chi connectivity index (χ3v) is 5.19. The Hall–Kier alpha value is -3.48. The van der Waals surface area contributed by atoms with Gasteiger partial charge in [0.05, 0.1) is 0 Å². The summed E-state index contributed by atoms with van der Waals surface area (Å²) in [5, 5.41) is 6.34. The minimum Gasteiger partial charge on any atom is -0.349 e. The predicted molar refractivity (Wildman–Crippen MR) is 116 cm³/mol. The number of nitrogens with zero attached hydrogens (tertiary/aromatic N) is 3. The van der Waals surface area contributed by atoms with Crippen molar-refractivity contribution in [3.8, 4) is 0 Å². The fourth-order valence-electron chi connectivity index (χ4n) is 3.45. The van der Waals surface area contributed by atoms with E-state index in [1.165, 1.54) is 29.8 Å². The Bertz CT molecular complexity index is 999. The third-order valence-electron chi connectivity index (χ3n) is 5.19. The van der Waals surface area contributed by atoms with Crippen LogP contribution in [0.1, 0.15) is 28.8 Å². The fraction of sp³-hybridized carbons (Fsp3) is 0.261. The van der Waals surface area contributed by atoms with Gasteiger partial charge >= 0.3 is 0 Å². The monoisotopic (exact) mass is 405 g/mol. The molecule has 1 aliphatic rings. The number of piperidine rings is 1. The Morgan fingerprint density at radius 3 is 2.43 bits per heavy atom. The number of halogens is 1. The molecule has 30 heavy (non-hydrogen) atoms. The lowest BCUT2D eigenvalue weighted by molar-refractivity contribution is 0.0931. The molecular weight excluding hydrogens is 381 g/mol. The number of hydrogen-bond donors (Lipinski definition) is 2. The molecule has 0 atom stereocenters. The first-order valence-corrected chi connectivity index (χ1v) is 10.0. The Morgan fingerprint density at radius 2 is 1.73 bits per heavy atom. The summed E-state index contributed by atoms with van der Waals surface area (Å²) < 4.78 is 13.0. The Labute approximate surface area is 175 Å². The smallest absolute Gasteiger partial charge is 0.251 e. The van der Waals surface area contributed by atoms with Crippen LogP contribution in [0.3, 0.4) is 0 Å². The summed E-state index contributed by atoms with van der Waals surface area (Å²) in [6.45, 7) is 3.56. The van der Waals surface area contributed by atoms with Gasteiger partial charge in [-0.3, -0.25) is 4.79 Å². The summed E-state index contributed by atoms with van der Waals surface area (Å²) in [6.07, 6.45) is 3.35. The minimum atomic E-state index is -0.348. The highest BCUT2D eigenvalue weighted by Gasteiger charge is 2.23. The van der Waals surface area contributed by atoms with Crippen LogP contribution in [-0.4, -0.2) is 35.0 Å². The number of rotatable bonds is 5. The van der Waals surface area contributed by atoms with E-state index in [9.17, 15) is 9.18 Å². The van der Waals surface area contributed by atoms with E-state index in [1.807, 2.05) is 18.2 Å². The first-order valence-electron chi connectivity index (χ1n) is 10.0. The molecule has 1 saturated heterocycles. The van der Waals surface area contributed by atoms with Gasteiger partial charge in [-0.1, -0.05) is 17.7 Å². The number of benzene rings is 2. The average Bonchev–Trinajstić information content (AvgIpc) is 2.76. The molecule has 6 nitrogen and oxygen atoms in total. The Balaban J connectivity index is 1.33. The Morgan fingerprint density at radius 1 is 1.03 bits per heavy atom. The second-order valence-electron chi connectivity index (χ2n) is 7.47. The zero-order chi connectivity index (χ0) is 20.9. The standard InChI is InChI=1S/C23H24FN5O/c1-16-2-8-19(9-3-16)26-21-10-13-25-23(28-21)29-14-11-20(12-15-29)27-22(30)17-4-6-18(24)7-5-17/h2-10,13,20H,11-12,14-15H2,1H3,(H,27,30)(H,25,26,28). The van der Waals surface area contributed by atoms with Crippen molar-refractivity contribution in [1.82, 2.24) is 15.3 Å². The van der Waals surface area contributed by atoms with E-state index in [-0.39, 0.29) is 17.8 Å². The number of carbonyl (C=O) groups excluding carboxylic acids is 1. The van der Waals surface area contributed by atoms with Crippen LogP contribution in [0.25, 0.3) is 0 Å². The average molecular weight is 405 g/mol. The number of nitrogens with one attached hydrogen (secondary N) is 2. The number of aromatic nitrogens is 2. The van der Waals surface area contributed by atoms with Crippen molar-refractivity contribution >= 4 is 23.4 Å². The third kappa shape index (κ3) is 4.92. The summed E-state index contributed by atoms with van der Waals surface area (Å²) in [5.74, 6) is 0.902. The highest BCUT2D eigenvalue weighted by atomic mass is 19.1. The second-order valence-corrected chi connectivity index (χ2v) is 7.47. The van der Waals surface area contributed by atoms with Crippen LogP contribution in [0.15, 0.2) is 60.8 Å². The van der Waals surface area contributed by atoms with Crippen LogP contribution in [-0.2, 0) is 0 Å². The molecule has 4 rings (SSSR count). The zero-order valence-corrected chi connectivity index (χ0v) is 16.8. The molecule has 3 aromatic rings. The highest BCUT2D eigenvalue weighted by molar-refractivity contribution is 5.94. The van der Waals surface area contributed by atoms with Crippen LogP contribution in [0.4, 0.5) is 21.8 Å². The molecule has 1 fully saturated rings. The van der Waals surface area contributed by atoms with Gasteiger partial charge in [-0.25, -0.2) is 9.37 Å². The molecular formula is C23H24FN5O. The van der Waals surface area contributed by atoms with Gasteiger partial charge in [-0.05, 0) is 62.2 Å². The Kier molecular flexibility index (Phi) is 5.88. The summed E-state index contributed by atoms with van der Waals surface area (Å²) in [6, 6.07) is 15.7. The normalized spacial score (nSPS) is 14.4. The van der Waals surface area contributed by atoms with Crippen molar-refractivity contribution in [2.24, 2.45) is 0 Å². The van der Waals surface area contributed by atoms with E-state index in [0.29, 0.717) is 11.5 Å². The maximum atomic E-state index is 13.0. The van der Waals surface area contributed by atoms with Gasteiger partial charge in [0.25, 0.3) is 5.91 Å². The van der Waals surface area contributed by atoms with Gasteiger partial charge in [0, 0.05) is 36.6 Å². The van der Waals surface area contributed by atoms with Gasteiger partial charge in [0.1, 0.15) is 11.6 Å². The number of aryl methyl sites for hydroxylation is 1. The van der Waals surface area contributed by atoms with Crippen molar-refractivity contribution in [3.63, 3.8) is 0 Å². The molecule has 0 saturated carbocycles. The molecule has 1 aromatic heterocycles. The van der Waals surface area contributed by atoms with Crippen molar-refractivity contribution < 1.29 is 9.18 Å². The zero-order valence-electron chi connectivity index (χ0n) is 16.8. The van der Waals surface area contributed by atoms with Crippen LogP contribution < -0.4 is 15.5 Å². The molecule has 0 radical (unpaired) electrons. The van der Waals surface area contributed by atoms with Gasteiger partial charge in [-0.2, -0.15) is 4.98 Å². The number of amides is 1. The van der Waals surface area contributed by atoms with E-state index < -0.39 is 0 Å². The van der Waals surface area contributed by atoms with Gasteiger partial charge < -0.3 is 15.5 Å². The molecule has 0 bridgehead atoms. The van der Waals surface area contributed by atoms with Crippen LogP contribution in [0.2, 0.25) is 0 Å². The molecule has 154 valence electrons. The van der Waals surface area contributed by atoms with E-state index in [0.717, 1.165) is 37.4 Å². The molecule has 1 aliphatic heterocycles. The first kappa shape index (κ1) is 19.8. The van der Waals surface area contributed by atoms with Gasteiger partial charge in [0.15, 0.2) is 0 Å². The lowest BCUT2D eigenvalue weighted by Crippen LogP contribution is -2.45. The van der Waals surface area contributed by atoms with E-state index in [2.05, 4.69) is 44.6 Å². The minimum absolute atomic E-state index is 0.0765. The molecule has 0 aliphatic carbocycles. The van der Waals surface area contributed by atoms with Crippen LogP contribution in [0, 0.1) is 12.7 Å². The molecule has 0 unspecified atom stereocenters. The lowest BCUT2D eigenvalue weighted by Gasteiger charge is -2.32. The van der Waals surface area contributed by atoms with Crippen molar-refractivity contribution in [3.05, 3.63) is 77.7 Å². The molecule has 7 heteroatoms. The van der Waals surface area contributed by atoms with Crippen LogP contribution in [0.5, 0.6) is 0 Å². The number of carbonyl (C=O) groups is 1. The highest BCUT2D eigenvalue weighted by Crippen LogP contribution is 2.20. The quantitative estimate of drug-likeness (QED) is 0.670. The SMILES string of the molecule is Cc1ccc(Nc2ccnc(N3CCC(NC(=O)c4ccc(F)cc4)CC3)n2)cc1. The molecule has 2 N–H and O–H groups in total. The van der Waals surface area contributed by atoms with E-state index in [4.69, 9.17) is 0 Å².